The fourth-order valence-corrected chi connectivity index (χ4v) is 2.47. The van der Waals surface area contributed by atoms with Crippen LogP contribution in [-0.2, 0) is 4.79 Å². The Kier molecular flexibility index (Phi) is 5.22. The summed E-state index contributed by atoms with van der Waals surface area (Å²) in [5.74, 6) is 5.87. The van der Waals surface area contributed by atoms with Crippen LogP contribution < -0.4 is 11.3 Å². The van der Waals surface area contributed by atoms with E-state index >= 15 is 0 Å². The van der Waals surface area contributed by atoms with Gasteiger partial charge >= 0.3 is 0 Å². The number of carbonyl (C=O) groups is 1. The number of piperidine rings is 1. The minimum absolute atomic E-state index is 0.0411. The second-order valence-corrected chi connectivity index (χ2v) is 4.95. The third-order valence-electron chi connectivity index (χ3n) is 3.98. The number of rotatable bonds is 4. The van der Waals surface area contributed by atoms with Gasteiger partial charge in [-0.3, -0.25) is 15.1 Å². The first-order valence-electron chi connectivity index (χ1n) is 6.34. The van der Waals surface area contributed by atoms with E-state index in [9.17, 15) is 4.79 Å². The molecular formula is C12H25N3O. The summed E-state index contributed by atoms with van der Waals surface area (Å²) < 4.78 is 0. The van der Waals surface area contributed by atoms with E-state index in [-0.39, 0.29) is 17.9 Å². The molecule has 1 aliphatic heterocycles. The van der Waals surface area contributed by atoms with Gasteiger partial charge in [0.25, 0.3) is 0 Å². The van der Waals surface area contributed by atoms with E-state index in [0.29, 0.717) is 0 Å². The lowest BCUT2D eigenvalue weighted by molar-refractivity contribution is -0.126. The lowest BCUT2D eigenvalue weighted by atomic mass is 9.92. The zero-order valence-corrected chi connectivity index (χ0v) is 10.7. The molecular weight excluding hydrogens is 202 g/mol. The maximum atomic E-state index is 11.5. The molecule has 0 aromatic carbocycles. The highest BCUT2D eigenvalue weighted by atomic mass is 16.2. The van der Waals surface area contributed by atoms with Crippen LogP contribution in [0.1, 0.15) is 40.0 Å². The molecule has 0 aromatic heterocycles. The van der Waals surface area contributed by atoms with Gasteiger partial charge in [0.05, 0.1) is 5.92 Å². The van der Waals surface area contributed by atoms with Crippen molar-refractivity contribution in [3.63, 3.8) is 0 Å². The van der Waals surface area contributed by atoms with Crippen LogP contribution >= 0.6 is 0 Å². The number of carbonyl (C=O) groups excluding carboxylic acids is 1. The van der Waals surface area contributed by atoms with E-state index in [1.165, 1.54) is 19.3 Å². The van der Waals surface area contributed by atoms with Gasteiger partial charge in [0, 0.05) is 12.6 Å². The molecule has 1 heterocycles. The average molecular weight is 227 g/mol. The molecule has 1 saturated heterocycles. The Morgan fingerprint density at radius 3 is 2.81 bits per heavy atom. The molecule has 0 aromatic rings. The Balaban J connectivity index is 2.52. The molecule has 0 spiro atoms. The van der Waals surface area contributed by atoms with Gasteiger partial charge in [0.2, 0.25) is 5.91 Å². The molecule has 94 valence electrons. The minimum Gasteiger partial charge on any atom is -0.300 e. The minimum atomic E-state index is -0.0638. The molecule has 3 unspecified atom stereocenters. The second-order valence-electron chi connectivity index (χ2n) is 4.95. The summed E-state index contributed by atoms with van der Waals surface area (Å²) in [5, 5.41) is 0. The lowest BCUT2D eigenvalue weighted by Crippen LogP contribution is -2.49. The van der Waals surface area contributed by atoms with Crippen LogP contribution in [0.3, 0.4) is 0 Å². The quantitative estimate of drug-likeness (QED) is 0.430. The van der Waals surface area contributed by atoms with Gasteiger partial charge < -0.3 is 0 Å². The standard InChI is InChI=1S/C12H25N3O/c1-4-11-6-5-7-15(8-11)10(3)9(2)12(16)14-13/h9-11H,4-8,13H2,1-3H3,(H,14,16). The van der Waals surface area contributed by atoms with Crippen LogP contribution in [0.2, 0.25) is 0 Å². The fourth-order valence-electron chi connectivity index (χ4n) is 2.47. The predicted molar refractivity (Wildman–Crippen MR) is 65.5 cm³/mol. The Hall–Kier alpha value is -0.610. The molecule has 3 N–H and O–H groups in total. The second kappa shape index (κ2) is 6.21. The number of amides is 1. The van der Waals surface area contributed by atoms with Crippen LogP contribution in [0.4, 0.5) is 0 Å². The highest BCUT2D eigenvalue weighted by Crippen LogP contribution is 2.23. The average Bonchev–Trinajstić information content (AvgIpc) is 2.36. The van der Waals surface area contributed by atoms with Crippen LogP contribution in [0.25, 0.3) is 0 Å². The predicted octanol–water partition coefficient (Wildman–Crippen LogP) is 1.12. The first kappa shape index (κ1) is 13.5. The highest BCUT2D eigenvalue weighted by Gasteiger charge is 2.28. The number of hydrogen-bond donors (Lipinski definition) is 2. The van der Waals surface area contributed by atoms with Gasteiger partial charge in [-0.1, -0.05) is 20.3 Å². The summed E-state index contributed by atoms with van der Waals surface area (Å²) in [5.41, 5.74) is 2.24. The molecule has 16 heavy (non-hydrogen) atoms. The van der Waals surface area contributed by atoms with Crippen molar-refractivity contribution in [1.29, 1.82) is 0 Å². The summed E-state index contributed by atoms with van der Waals surface area (Å²) >= 11 is 0. The van der Waals surface area contributed by atoms with E-state index in [1.54, 1.807) is 0 Å². The van der Waals surface area contributed by atoms with Gasteiger partial charge in [-0.05, 0) is 32.2 Å². The molecule has 4 nitrogen and oxygen atoms in total. The maximum absolute atomic E-state index is 11.5. The summed E-state index contributed by atoms with van der Waals surface area (Å²) in [6.45, 7) is 8.55. The largest absolute Gasteiger partial charge is 0.300 e. The molecule has 0 saturated carbocycles. The van der Waals surface area contributed by atoms with Crippen molar-refractivity contribution in [2.24, 2.45) is 17.7 Å². The number of hydrazine groups is 1. The zero-order valence-electron chi connectivity index (χ0n) is 10.7. The molecule has 1 aliphatic rings. The number of nitrogens with zero attached hydrogens (tertiary/aromatic N) is 1. The van der Waals surface area contributed by atoms with E-state index in [2.05, 4.69) is 24.2 Å². The molecule has 1 fully saturated rings. The first-order valence-corrected chi connectivity index (χ1v) is 6.34. The lowest BCUT2D eigenvalue weighted by Gasteiger charge is -2.38. The summed E-state index contributed by atoms with van der Waals surface area (Å²) in [7, 11) is 0. The van der Waals surface area contributed by atoms with Crippen LogP contribution in [0, 0.1) is 11.8 Å². The SMILES string of the molecule is CCC1CCCN(C(C)C(C)C(=O)NN)C1. The topological polar surface area (TPSA) is 58.4 Å². The fraction of sp³-hybridized carbons (Fsp3) is 0.917. The Labute approximate surface area is 98.5 Å². The third kappa shape index (κ3) is 3.19. The van der Waals surface area contributed by atoms with Crippen molar-refractivity contribution in [2.45, 2.75) is 46.1 Å². The molecule has 4 heteroatoms. The van der Waals surface area contributed by atoms with Crippen molar-refractivity contribution in [1.82, 2.24) is 10.3 Å². The van der Waals surface area contributed by atoms with Crippen LogP contribution in [-0.4, -0.2) is 29.9 Å². The van der Waals surface area contributed by atoms with Crippen molar-refractivity contribution < 1.29 is 4.79 Å². The van der Waals surface area contributed by atoms with E-state index in [0.717, 1.165) is 19.0 Å². The van der Waals surface area contributed by atoms with Crippen molar-refractivity contribution in [3.05, 3.63) is 0 Å². The number of nitrogens with two attached hydrogens (primary N) is 1. The van der Waals surface area contributed by atoms with Gasteiger partial charge in [-0.2, -0.15) is 0 Å². The van der Waals surface area contributed by atoms with E-state index in [4.69, 9.17) is 5.84 Å². The summed E-state index contributed by atoms with van der Waals surface area (Å²) in [4.78, 5) is 13.9. The van der Waals surface area contributed by atoms with Crippen LogP contribution in [0.15, 0.2) is 0 Å². The van der Waals surface area contributed by atoms with Gasteiger partial charge in [0.15, 0.2) is 0 Å². The number of likely N-dealkylation sites (tertiary alicyclic amines) is 1. The smallest absolute Gasteiger partial charge is 0.238 e. The monoisotopic (exact) mass is 227 g/mol. The summed E-state index contributed by atoms with van der Waals surface area (Å²) in [6, 6.07) is 0.276. The zero-order chi connectivity index (χ0) is 12.1. The molecule has 0 bridgehead atoms. The Morgan fingerprint density at radius 1 is 1.56 bits per heavy atom. The third-order valence-corrected chi connectivity index (χ3v) is 3.98. The van der Waals surface area contributed by atoms with Gasteiger partial charge in [0.1, 0.15) is 0 Å². The molecule has 0 aliphatic carbocycles. The molecule has 1 amide bonds. The number of nitrogens with one attached hydrogen (secondary N) is 1. The molecule has 3 atom stereocenters. The van der Waals surface area contributed by atoms with Gasteiger partial charge in [-0.25, -0.2) is 5.84 Å². The van der Waals surface area contributed by atoms with Crippen molar-refractivity contribution >= 4 is 5.91 Å². The van der Waals surface area contributed by atoms with E-state index in [1.807, 2.05) is 6.92 Å². The highest BCUT2D eigenvalue weighted by molar-refractivity contribution is 5.78. The Bertz CT molecular complexity index is 232. The molecule has 1 rings (SSSR count). The first-order chi connectivity index (χ1) is 7.60. The maximum Gasteiger partial charge on any atom is 0.238 e. The Morgan fingerprint density at radius 2 is 2.25 bits per heavy atom. The van der Waals surface area contributed by atoms with Crippen molar-refractivity contribution in [3.8, 4) is 0 Å². The van der Waals surface area contributed by atoms with Gasteiger partial charge in [-0.15, -0.1) is 0 Å². The molecule has 0 radical (unpaired) electrons. The number of hydrogen-bond acceptors (Lipinski definition) is 3. The van der Waals surface area contributed by atoms with Crippen LogP contribution in [0.5, 0.6) is 0 Å². The van der Waals surface area contributed by atoms with Crippen molar-refractivity contribution in [2.75, 3.05) is 13.1 Å². The van der Waals surface area contributed by atoms with E-state index < -0.39 is 0 Å². The summed E-state index contributed by atoms with van der Waals surface area (Å²) in [6.07, 6.45) is 3.82. The normalized spacial score (nSPS) is 26.1.